The van der Waals surface area contributed by atoms with Crippen LogP contribution in [0.1, 0.15) is 18.4 Å². The number of allylic oxidation sites excluding steroid dienone is 2. The second kappa shape index (κ2) is 4.41. The molecule has 5 rings (SSSR count). The van der Waals surface area contributed by atoms with Gasteiger partial charge in [0.2, 0.25) is 0 Å². The maximum atomic E-state index is 12.7. The number of hydrogen-bond donors (Lipinski definition) is 0. The Morgan fingerprint density at radius 1 is 1.13 bits per heavy atom. The first-order chi connectivity index (χ1) is 11.1. The molecule has 0 radical (unpaired) electrons. The maximum absolute atomic E-state index is 12.7. The van der Waals surface area contributed by atoms with Gasteiger partial charge in [-0.3, -0.25) is 9.59 Å². The molecule has 1 aromatic rings. The Labute approximate surface area is 142 Å². The molecule has 3 aliphatic carbocycles. The molecule has 1 heterocycles. The molecule has 2 saturated carbocycles. The molecule has 2 amide bonds. The zero-order chi connectivity index (χ0) is 15.8. The van der Waals surface area contributed by atoms with E-state index in [9.17, 15) is 9.59 Å². The molecular formula is C18H15BrN2O2. The second-order valence-electron chi connectivity index (χ2n) is 7.01. The summed E-state index contributed by atoms with van der Waals surface area (Å²) in [5.41, 5.74) is 1.10. The van der Waals surface area contributed by atoms with Crippen LogP contribution in [0.4, 0.5) is 0 Å². The van der Waals surface area contributed by atoms with Crippen LogP contribution in [0.15, 0.2) is 46.0 Å². The number of nitrogens with zero attached hydrogens (tertiary/aromatic N) is 2. The average molecular weight is 371 g/mol. The monoisotopic (exact) mass is 370 g/mol. The number of halogens is 1. The number of carbonyl (C=O) groups is 2. The molecule has 2 bridgehead atoms. The van der Waals surface area contributed by atoms with E-state index in [0.717, 1.165) is 27.9 Å². The lowest BCUT2D eigenvalue weighted by Crippen LogP contribution is -2.30. The Bertz CT molecular complexity index is 762. The lowest BCUT2D eigenvalue weighted by Gasteiger charge is -2.18. The highest BCUT2D eigenvalue weighted by atomic mass is 79.9. The van der Waals surface area contributed by atoms with E-state index in [1.165, 1.54) is 0 Å². The zero-order valence-corrected chi connectivity index (χ0v) is 13.9. The van der Waals surface area contributed by atoms with Crippen molar-refractivity contribution in [3.8, 4) is 0 Å². The Hall–Kier alpha value is -1.75. The number of rotatable bonds is 2. The van der Waals surface area contributed by atoms with Gasteiger partial charge in [-0.2, -0.15) is 10.1 Å². The molecule has 0 aromatic heterocycles. The number of amides is 2. The first-order valence-electron chi connectivity index (χ1n) is 7.97. The van der Waals surface area contributed by atoms with Crippen molar-refractivity contribution in [2.24, 2.45) is 34.2 Å². The molecule has 3 fully saturated rings. The van der Waals surface area contributed by atoms with Crippen molar-refractivity contribution in [2.75, 3.05) is 0 Å². The van der Waals surface area contributed by atoms with Crippen molar-refractivity contribution in [1.82, 2.24) is 5.01 Å². The normalized spacial score (nSPS) is 35.8. The molecule has 1 aliphatic heterocycles. The number of carbonyl (C=O) groups excluding carboxylic acids is 2. The van der Waals surface area contributed by atoms with Crippen molar-refractivity contribution < 1.29 is 9.59 Å². The van der Waals surface area contributed by atoms with E-state index in [1.807, 2.05) is 24.3 Å². The molecule has 1 aromatic carbocycles. The van der Waals surface area contributed by atoms with Crippen LogP contribution in [0.5, 0.6) is 0 Å². The SMILES string of the molecule is O=C1C2C(C(=O)N1N=Cc1cccc(Br)c1)C1C=CC2C12CC2. The van der Waals surface area contributed by atoms with E-state index >= 15 is 0 Å². The third kappa shape index (κ3) is 1.69. The van der Waals surface area contributed by atoms with Gasteiger partial charge in [0.05, 0.1) is 18.1 Å². The number of benzene rings is 1. The zero-order valence-electron chi connectivity index (χ0n) is 12.4. The Morgan fingerprint density at radius 2 is 1.78 bits per heavy atom. The van der Waals surface area contributed by atoms with Gasteiger partial charge in [-0.15, -0.1) is 0 Å². The van der Waals surface area contributed by atoms with Crippen molar-refractivity contribution in [3.63, 3.8) is 0 Å². The van der Waals surface area contributed by atoms with Gasteiger partial charge in [0.25, 0.3) is 11.8 Å². The van der Waals surface area contributed by atoms with E-state index in [4.69, 9.17) is 0 Å². The van der Waals surface area contributed by atoms with Crippen LogP contribution < -0.4 is 0 Å². The summed E-state index contributed by atoms with van der Waals surface area (Å²) in [7, 11) is 0. The minimum atomic E-state index is -0.181. The summed E-state index contributed by atoms with van der Waals surface area (Å²) in [5, 5.41) is 5.31. The topological polar surface area (TPSA) is 49.7 Å². The van der Waals surface area contributed by atoms with E-state index in [0.29, 0.717) is 0 Å². The maximum Gasteiger partial charge on any atom is 0.254 e. The summed E-state index contributed by atoms with van der Waals surface area (Å²) in [5.74, 6) is -0.0943. The van der Waals surface area contributed by atoms with Crippen LogP contribution in [-0.2, 0) is 9.59 Å². The molecule has 4 atom stereocenters. The summed E-state index contributed by atoms with van der Waals surface area (Å²) in [4.78, 5) is 25.5. The van der Waals surface area contributed by atoms with Crippen molar-refractivity contribution in [2.45, 2.75) is 12.8 Å². The number of hydrogen-bond acceptors (Lipinski definition) is 3. The molecule has 23 heavy (non-hydrogen) atoms. The molecule has 116 valence electrons. The molecule has 4 aliphatic rings. The number of hydrazone groups is 1. The molecule has 4 unspecified atom stereocenters. The fourth-order valence-corrected chi connectivity index (χ4v) is 5.30. The summed E-state index contributed by atoms with van der Waals surface area (Å²) in [6.07, 6.45) is 8.25. The third-order valence-corrected chi connectivity index (χ3v) is 6.49. The predicted molar refractivity (Wildman–Crippen MR) is 88.4 cm³/mol. The number of imide groups is 1. The van der Waals surface area contributed by atoms with Gasteiger partial charge in [-0.05, 0) is 47.8 Å². The first kappa shape index (κ1) is 13.7. The van der Waals surface area contributed by atoms with Crippen LogP contribution in [-0.4, -0.2) is 23.0 Å². The van der Waals surface area contributed by atoms with Crippen LogP contribution in [0.2, 0.25) is 0 Å². The van der Waals surface area contributed by atoms with Crippen molar-refractivity contribution in [1.29, 1.82) is 0 Å². The van der Waals surface area contributed by atoms with Gasteiger partial charge in [0.1, 0.15) is 0 Å². The van der Waals surface area contributed by atoms with Crippen LogP contribution >= 0.6 is 15.9 Å². The molecule has 4 nitrogen and oxygen atoms in total. The van der Waals surface area contributed by atoms with E-state index in [-0.39, 0.29) is 40.9 Å². The first-order valence-corrected chi connectivity index (χ1v) is 8.77. The second-order valence-corrected chi connectivity index (χ2v) is 7.92. The van der Waals surface area contributed by atoms with Gasteiger partial charge < -0.3 is 0 Å². The Kier molecular flexibility index (Phi) is 2.62. The highest BCUT2D eigenvalue weighted by Gasteiger charge is 2.73. The largest absolute Gasteiger partial charge is 0.272 e. The van der Waals surface area contributed by atoms with Gasteiger partial charge in [0, 0.05) is 4.47 Å². The molecular weight excluding hydrogens is 356 g/mol. The standard InChI is InChI=1S/C18H15BrN2O2/c19-11-3-1-2-10(8-11)9-20-21-16(22)14-12-4-5-13(15(14)17(21)23)18(12)6-7-18/h1-5,8-9,12-15H,6-7H2. The lowest BCUT2D eigenvalue weighted by atomic mass is 9.85. The minimum Gasteiger partial charge on any atom is -0.272 e. The van der Waals surface area contributed by atoms with E-state index in [1.54, 1.807) is 6.21 Å². The third-order valence-electron chi connectivity index (χ3n) is 6.00. The quantitative estimate of drug-likeness (QED) is 0.456. The fourth-order valence-electron chi connectivity index (χ4n) is 4.89. The van der Waals surface area contributed by atoms with Gasteiger partial charge in [-0.25, -0.2) is 0 Å². The average Bonchev–Trinajstić information content (AvgIpc) is 3.13. The molecule has 1 spiro atoms. The van der Waals surface area contributed by atoms with E-state index in [2.05, 4.69) is 33.2 Å². The van der Waals surface area contributed by atoms with Crippen molar-refractivity contribution >= 4 is 34.0 Å². The Morgan fingerprint density at radius 3 is 2.35 bits per heavy atom. The van der Waals surface area contributed by atoms with Gasteiger partial charge in [0.15, 0.2) is 0 Å². The summed E-state index contributed by atoms with van der Waals surface area (Å²) < 4.78 is 0.940. The Balaban J connectivity index is 1.44. The molecule has 0 N–H and O–H groups in total. The smallest absolute Gasteiger partial charge is 0.254 e. The molecule has 5 heteroatoms. The van der Waals surface area contributed by atoms with Crippen LogP contribution in [0.3, 0.4) is 0 Å². The van der Waals surface area contributed by atoms with Crippen LogP contribution in [0.25, 0.3) is 0 Å². The van der Waals surface area contributed by atoms with Crippen LogP contribution in [0, 0.1) is 29.1 Å². The summed E-state index contributed by atoms with van der Waals surface area (Å²) in [6.45, 7) is 0. The predicted octanol–water partition coefficient (Wildman–Crippen LogP) is 2.98. The fraction of sp³-hybridized carbons (Fsp3) is 0.389. The number of fused-ring (bicyclic) bond motifs is 3. The lowest BCUT2D eigenvalue weighted by molar-refractivity contribution is -0.141. The molecule has 1 saturated heterocycles. The van der Waals surface area contributed by atoms with E-state index < -0.39 is 0 Å². The van der Waals surface area contributed by atoms with Gasteiger partial charge in [-0.1, -0.05) is 40.2 Å². The summed E-state index contributed by atoms with van der Waals surface area (Å²) >= 11 is 3.40. The highest BCUT2D eigenvalue weighted by Crippen LogP contribution is 2.73. The minimum absolute atomic E-state index is 0.116. The summed E-state index contributed by atoms with van der Waals surface area (Å²) in [6, 6.07) is 7.62. The highest BCUT2D eigenvalue weighted by molar-refractivity contribution is 9.10. The van der Waals surface area contributed by atoms with Gasteiger partial charge >= 0.3 is 0 Å². The van der Waals surface area contributed by atoms with Crippen molar-refractivity contribution in [3.05, 3.63) is 46.5 Å².